The van der Waals surface area contributed by atoms with E-state index in [1.54, 1.807) is 6.07 Å². The lowest BCUT2D eigenvalue weighted by molar-refractivity contribution is 0.526. The van der Waals surface area contributed by atoms with Gasteiger partial charge < -0.3 is 9.73 Å². The van der Waals surface area contributed by atoms with Crippen LogP contribution in [0.2, 0.25) is 5.02 Å². The van der Waals surface area contributed by atoms with Crippen molar-refractivity contribution in [1.82, 2.24) is 14.6 Å². The summed E-state index contributed by atoms with van der Waals surface area (Å²) in [6.45, 7) is 3.94. The molecule has 4 rings (SSSR count). The summed E-state index contributed by atoms with van der Waals surface area (Å²) in [5.74, 6) is 0.770. The highest BCUT2D eigenvalue weighted by Gasteiger charge is 2.15. The molecule has 0 radical (unpaired) electrons. The maximum atomic E-state index is 12.1. The molecule has 3 aromatic heterocycles. The van der Waals surface area contributed by atoms with Crippen LogP contribution in [0.5, 0.6) is 0 Å². The van der Waals surface area contributed by atoms with Gasteiger partial charge in [-0.2, -0.15) is 4.52 Å². The normalized spacial score (nSPS) is 12.8. The van der Waals surface area contributed by atoms with E-state index in [0.29, 0.717) is 21.5 Å². The second-order valence-corrected chi connectivity index (χ2v) is 7.13. The molecule has 0 spiro atoms. The van der Waals surface area contributed by atoms with Crippen LogP contribution in [0.15, 0.2) is 39.5 Å². The van der Waals surface area contributed by atoms with Crippen molar-refractivity contribution in [3.63, 3.8) is 0 Å². The minimum Gasteiger partial charge on any atom is -0.459 e. The van der Waals surface area contributed by atoms with Gasteiger partial charge in [-0.3, -0.25) is 4.79 Å². The Morgan fingerprint density at radius 1 is 1.36 bits per heavy atom. The van der Waals surface area contributed by atoms with Crippen molar-refractivity contribution < 1.29 is 4.42 Å². The third kappa shape index (κ3) is 3.01. The number of benzene rings is 1. The van der Waals surface area contributed by atoms with E-state index in [2.05, 4.69) is 15.4 Å². The van der Waals surface area contributed by atoms with Gasteiger partial charge in [-0.1, -0.05) is 29.9 Å². The van der Waals surface area contributed by atoms with Crippen molar-refractivity contribution in [2.45, 2.75) is 26.3 Å². The van der Waals surface area contributed by atoms with E-state index in [9.17, 15) is 4.79 Å². The van der Waals surface area contributed by atoms with Crippen LogP contribution < -0.4 is 10.9 Å². The number of anilines is 1. The molecule has 1 unspecified atom stereocenters. The lowest BCUT2D eigenvalue weighted by atomic mass is 10.2. The quantitative estimate of drug-likeness (QED) is 0.577. The number of hydrogen-bond acceptors (Lipinski definition) is 6. The predicted octanol–water partition coefficient (Wildman–Crippen LogP) is 4.29. The Balaban J connectivity index is 1.65. The Kier molecular flexibility index (Phi) is 3.97. The second-order valence-electron chi connectivity index (χ2n) is 5.74. The van der Waals surface area contributed by atoms with E-state index in [0.717, 1.165) is 22.4 Å². The average Bonchev–Trinajstić information content (AvgIpc) is 3.18. The molecule has 1 atom stereocenters. The summed E-state index contributed by atoms with van der Waals surface area (Å²) in [4.78, 5) is 17.1. The van der Waals surface area contributed by atoms with Crippen LogP contribution in [-0.2, 0) is 6.42 Å². The summed E-state index contributed by atoms with van der Waals surface area (Å²) in [5.41, 5.74) is 1.38. The Labute approximate surface area is 152 Å². The maximum absolute atomic E-state index is 12.1. The highest BCUT2D eigenvalue weighted by molar-refractivity contribution is 7.20. The molecule has 0 saturated carbocycles. The molecule has 0 aliphatic rings. The number of halogens is 1. The third-order valence-corrected chi connectivity index (χ3v) is 5.00. The van der Waals surface area contributed by atoms with Crippen molar-refractivity contribution in [1.29, 1.82) is 0 Å². The number of aromatic nitrogens is 3. The molecule has 128 valence electrons. The molecular formula is C17H15ClN4O2S. The van der Waals surface area contributed by atoms with E-state index in [1.807, 2.05) is 32.0 Å². The average molecular weight is 375 g/mol. The molecule has 3 heterocycles. The monoisotopic (exact) mass is 374 g/mol. The topological polar surface area (TPSA) is 72.4 Å². The number of fused-ring (bicyclic) bond motifs is 2. The molecule has 0 aliphatic carbocycles. The Bertz CT molecular complexity index is 1130. The summed E-state index contributed by atoms with van der Waals surface area (Å²) >= 11 is 7.36. The zero-order chi connectivity index (χ0) is 17.6. The van der Waals surface area contributed by atoms with Gasteiger partial charge in [0.1, 0.15) is 11.3 Å². The van der Waals surface area contributed by atoms with E-state index < -0.39 is 0 Å². The summed E-state index contributed by atoms with van der Waals surface area (Å²) in [5, 5.41) is 9.81. The highest BCUT2D eigenvalue weighted by atomic mass is 35.5. The molecule has 0 aliphatic heterocycles. The van der Waals surface area contributed by atoms with Crippen molar-refractivity contribution in [2.75, 3.05) is 5.32 Å². The smallest absolute Gasteiger partial charge is 0.275 e. The van der Waals surface area contributed by atoms with Gasteiger partial charge in [0.2, 0.25) is 10.1 Å². The summed E-state index contributed by atoms with van der Waals surface area (Å²) < 4.78 is 7.18. The van der Waals surface area contributed by atoms with Crippen LogP contribution in [-0.4, -0.2) is 14.6 Å². The first-order valence-corrected chi connectivity index (χ1v) is 9.08. The number of furan rings is 1. The van der Waals surface area contributed by atoms with Gasteiger partial charge in [-0.25, -0.2) is 4.98 Å². The number of hydrogen-bond donors (Lipinski definition) is 1. The Hall–Kier alpha value is -2.38. The summed E-state index contributed by atoms with van der Waals surface area (Å²) in [7, 11) is 0. The minimum absolute atomic E-state index is 0.118. The first-order chi connectivity index (χ1) is 12.0. The van der Waals surface area contributed by atoms with Crippen LogP contribution in [0.4, 0.5) is 5.13 Å². The Morgan fingerprint density at radius 3 is 3.00 bits per heavy atom. The van der Waals surface area contributed by atoms with Gasteiger partial charge in [0.05, 0.1) is 6.04 Å². The highest BCUT2D eigenvalue weighted by Crippen LogP contribution is 2.29. The zero-order valence-corrected chi connectivity index (χ0v) is 15.2. The van der Waals surface area contributed by atoms with E-state index >= 15 is 0 Å². The third-order valence-electron chi connectivity index (χ3n) is 3.92. The van der Waals surface area contributed by atoms with Crippen LogP contribution in [0.25, 0.3) is 15.9 Å². The van der Waals surface area contributed by atoms with Gasteiger partial charge in [-0.05, 0) is 37.6 Å². The number of nitrogens with zero attached hydrogens (tertiary/aromatic N) is 3. The van der Waals surface area contributed by atoms with Gasteiger partial charge >= 0.3 is 0 Å². The zero-order valence-electron chi connectivity index (χ0n) is 13.6. The minimum atomic E-state index is -0.169. The second kappa shape index (κ2) is 6.16. The predicted molar refractivity (Wildman–Crippen MR) is 99.8 cm³/mol. The van der Waals surface area contributed by atoms with Crippen LogP contribution >= 0.6 is 22.9 Å². The molecule has 1 N–H and O–H groups in total. The fourth-order valence-electron chi connectivity index (χ4n) is 2.60. The SMILES string of the molecule is CCc1cc(=O)n2nc(NC(C)c3cc4cc(Cl)ccc4o3)sc2n1. The standard InChI is InChI=1S/C17H15ClN4O2S/c1-3-12-8-15(23)22-17(20-12)25-16(21-22)19-9(2)14-7-10-6-11(18)4-5-13(10)24-14/h4-9H,3H2,1-2H3,(H,19,21). The maximum Gasteiger partial charge on any atom is 0.275 e. The van der Waals surface area contributed by atoms with Crippen LogP contribution in [0, 0.1) is 0 Å². The number of aryl methyl sites for hydroxylation is 1. The Morgan fingerprint density at radius 2 is 2.20 bits per heavy atom. The van der Waals surface area contributed by atoms with Gasteiger partial charge in [0.15, 0.2) is 0 Å². The van der Waals surface area contributed by atoms with Gasteiger partial charge in [-0.15, -0.1) is 5.10 Å². The van der Waals surface area contributed by atoms with Crippen molar-refractivity contribution in [3.8, 4) is 0 Å². The van der Waals surface area contributed by atoms with Gasteiger partial charge in [0, 0.05) is 22.2 Å². The fourth-order valence-corrected chi connectivity index (χ4v) is 3.69. The first kappa shape index (κ1) is 16.1. The molecular weight excluding hydrogens is 360 g/mol. The number of rotatable bonds is 4. The number of nitrogens with one attached hydrogen (secondary N) is 1. The molecule has 0 bridgehead atoms. The molecule has 0 fully saturated rings. The lowest BCUT2D eigenvalue weighted by Crippen LogP contribution is -2.15. The van der Waals surface area contributed by atoms with Crippen molar-refractivity contribution in [2.24, 2.45) is 0 Å². The molecule has 0 saturated heterocycles. The summed E-state index contributed by atoms with van der Waals surface area (Å²) in [6, 6.07) is 8.86. The molecule has 25 heavy (non-hydrogen) atoms. The molecule has 6 nitrogen and oxygen atoms in total. The van der Waals surface area contributed by atoms with Crippen LogP contribution in [0.3, 0.4) is 0 Å². The van der Waals surface area contributed by atoms with Crippen molar-refractivity contribution >= 4 is 44.0 Å². The first-order valence-electron chi connectivity index (χ1n) is 7.89. The van der Waals surface area contributed by atoms with Gasteiger partial charge in [0.25, 0.3) is 5.56 Å². The molecule has 8 heteroatoms. The van der Waals surface area contributed by atoms with Crippen LogP contribution in [0.1, 0.15) is 31.3 Å². The fraction of sp³-hybridized carbons (Fsp3) is 0.235. The molecule has 0 amide bonds. The van der Waals surface area contributed by atoms with Crippen molar-refractivity contribution in [3.05, 3.63) is 57.2 Å². The lowest BCUT2D eigenvalue weighted by Gasteiger charge is -2.08. The van der Waals surface area contributed by atoms with E-state index in [-0.39, 0.29) is 11.6 Å². The largest absolute Gasteiger partial charge is 0.459 e. The van der Waals surface area contributed by atoms with E-state index in [4.69, 9.17) is 16.0 Å². The molecule has 1 aromatic carbocycles. The van der Waals surface area contributed by atoms with E-state index in [1.165, 1.54) is 21.9 Å². The molecule has 4 aromatic rings. The summed E-state index contributed by atoms with van der Waals surface area (Å²) in [6.07, 6.45) is 0.713.